The first-order valence-electron chi connectivity index (χ1n) is 9.80. The molecule has 0 saturated heterocycles. The minimum Gasteiger partial charge on any atom is -0.495 e. The van der Waals surface area contributed by atoms with Crippen molar-refractivity contribution < 1.29 is 31.1 Å². The fourth-order valence-electron chi connectivity index (χ4n) is 2.86. The first kappa shape index (κ1) is 24.7. The van der Waals surface area contributed by atoms with E-state index in [1.54, 1.807) is 24.3 Å². The van der Waals surface area contributed by atoms with Gasteiger partial charge in [0.2, 0.25) is 0 Å². The van der Waals surface area contributed by atoms with Gasteiger partial charge in [-0.05, 0) is 54.6 Å². The van der Waals surface area contributed by atoms with Gasteiger partial charge in [0.05, 0.1) is 29.8 Å². The largest absolute Gasteiger partial charge is 0.495 e. The Morgan fingerprint density at radius 2 is 1.71 bits per heavy atom. The van der Waals surface area contributed by atoms with E-state index in [1.165, 1.54) is 43.5 Å². The van der Waals surface area contributed by atoms with Crippen LogP contribution in [0.4, 0.5) is 18.9 Å². The lowest BCUT2D eigenvalue weighted by Gasteiger charge is -2.12. The zero-order valence-corrected chi connectivity index (χ0v) is 18.6. The van der Waals surface area contributed by atoms with E-state index in [4.69, 9.17) is 4.74 Å². The van der Waals surface area contributed by atoms with Gasteiger partial charge in [0.1, 0.15) is 5.75 Å². The van der Waals surface area contributed by atoms with Crippen LogP contribution in [0.25, 0.3) is 0 Å². The van der Waals surface area contributed by atoms with Crippen LogP contribution < -0.4 is 14.8 Å². The van der Waals surface area contributed by atoms with Gasteiger partial charge in [-0.1, -0.05) is 30.0 Å². The van der Waals surface area contributed by atoms with E-state index in [-0.39, 0.29) is 28.3 Å². The summed E-state index contributed by atoms with van der Waals surface area (Å²) in [5, 5.41) is 2.51. The topological polar surface area (TPSA) is 84.5 Å². The number of rotatable bonds is 6. The Kier molecular flexibility index (Phi) is 7.48. The smallest absolute Gasteiger partial charge is 0.416 e. The number of anilines is 1. The van der Waals surface area contributed by atoms with Crippen LogP contribution in [0.1, 0.15) is 21.5 Å². The monoisotopic (exact) mass is 488 g/mol. The predicted octanol–water partition coefficient (Wildman–Crippen LogP) is 4.30. The van der Waals surface area contributed by atoms with Crippen LogP contribution in [0.5, 0.6) is 5.75 Å². The Balaban J connectivity index is 1.62. The van der Waals surface area contributed by atoms with Gasteiger partial charge in [-0.3, -0.25) is 9.52 Å². The molecule has 0 radical (unpaired) electrons. The van der Waals surface area contributed by atoms with Gasteiger partial charge in [-0.25, -0.2) is 8.42 Å². The number of hydrogen-bond donors (Lipinski definition) is 2. The third kappa shape index (κ3) is 6.30. The number of para-hydroxylation sites is 2. The van der Waals surface area contributed by atoms with Crippen molar-refractivity contribution in [1.29, 1.82) is 0 Å². The Labute approximate surface area is 194 Å². The molecule has 3 aromatic rings. The lowest BCUT2D eigenvalue weighted by molar-refractivity contribution is -0.137. The Morgan fingerprint density at radius 1 is 1.00 bits per heavy atom. The third-order valence-electron chi connectivity index (χ3n) is 4.54. The van der Waals surface area contributed by atoms with Crippen LogP contribution in [0.15, 0.2) is 77.7 Å². The molecule has 6 nitrogen and oxygen atoms in total. The molecule has 3 rings (SSSR count). The molecule has 0 aromatic heterocycles. The normalized spacial score (nSPS) is 11.2. The number of sulfonamides is 1. The average Bonchev–Trinajstić information content (AvgIpc) is 2.81. The lowest BCUT2D eigenvalue weighted by atomic mass is 10.1. The van der Waals surface area contributed by atoms with E-state index in [1.807, 2.05) is 0 Å². The first-order chi connectivity index (χ1) is 16.1. The van der Waals surface area contributed by atoms with Crippen LogP contribution in [0, 0.1) is 11.8 Å². The highest BCUT2D eigenvalue weighted by atomic mass is 32.2. The minimum atomic E-state index is -4.46. The van der Waals surface area contributed by atoms with Gasteiger partial charge >= 0.3 is 6.18 Å². The zero-order valence-electron chi connectivity index (χ0n) is 17.8. The highest BCUT2D eigenvalue weighted by Gasteiger charge is 2.30. The van der Waals surface area contributed by atoms with Gasteiger partial charge in [0.15, 0.2) is 0 Å². The zero-order chi connectivity index (χ0) is 24.8. The molecule has 10 heteroatoms. The maximum Gasteiger partial charge on any atom is 0.416 e. The van der Waals surface area contributed by atoms with Crippen LogP contribution in [0.2, 0.25) is 0 Å². The van der Waals surface area contributed by atoms with Crippen LogP contribution in [-0.4, -0.2) is 28.0 Å². The Morgan fingerprint density at radius 3 is 2.38 bits per heavy atom. The molecule has 0 aliphatic rings. The van der Waals surface area contributed by atoms with Crippen molar-refractivity contribution in [2.45, 2.75) is 11.1 Å². The second-order valence-corrected chi connectivity index (χ2v) is 8.58. The van der Waals surface area contributed by atoms with E-state index < -0.39 is 27.7 Å². The van der Waals surface area contributed by atoms with Gasteiger partial charge < -0.3 is 10.1 Å². The predicted molar refractivity (Wildman–Crippen MR) is 121 cm³/mol. The second kappa shape index (κ2) is 10.3. The van der Waals surface area contributed by atoms with Crippen molar-refractivity contribution in [3.05, 3.63) is 89.5 Å². The van der Waals surface area contributed by atoms with Gasteiger partial charge in [-0.2, -0.15) is 13.2 Å². The second-order valence-electron chi connectivity index (χ2n) is 6.89. The number of carbonyl (C=O) groups is 1. The summed E-state index contributed by atoms with van der Waals surface area (Å²) in [6.45, 7) is -0.107. The van der Waals surface area contributed by atoms with E-state index in [0.29, 0.717) is 5.75 Å². The average molecular weight is 488 g/mol. The number of alkyl halides is 3. The molecule has 34 heavy (non-hydrogen) atoms. The molecule has 0 heterocycles. The van der Waals surface area contributed by atoms with Gasteiger partial charge in [0.25, 0.3) is 15.9 Å². The summed E-state index contributed by atoms with van der Waals surface area (Å²) in [6.07, 6.45) is -4.46. The molecule has 0 atom stereocenters. The first-order valence-corrected chi connectivity index (χ1v) is 11.3. The Bertz CT molecular complexity index is 1340. The number of hydrogen-bond acceptors (Lipinski definition) is 4. The van der Waals surface area contributed by atoms with E-state index in [9.17, 15) is 26.4 Å². The molecule has 176 valence electrons. The van der Waals surface area contributed by atoms with E-state index in [0.717, 1.165) is 12.1 Å². The molecule has 0 aliphatic carbocycles. The summed E-state index contributed by atoms with van der Waals surface area (Å²) in [6, 6.07) is 16.3. The van der Waals surface area contributed by atoms with Crippen LogP contribution >= 0.6 is 0 Å². The molecular weight excluding hydrogens is 469 g/mol. The number of carbonyl (C=O) groups excluding carboxylic acids is 1. The summed E-state index contributed by atoms with van der Waals surface area (Å²) in [5.74, 6) is 4.99. The van der Waals surface area contributed by atoms with Crippen molar-refractivity contribution in [3.8, 4) is 17.6 Å². The molecular formula is C24H19F3N2O4S. The fraction of sp³-hybridized carbons (Fsp3) is 0.125. The van der Waals surface area contributed by atoms with E-state index in [2.05, 4.69) is 21.9 Å². The standard InChI is InChI=1S/C24H19F3N2O4S/c1-33-22-10-3-2-9-21(22)29-34(31,32)20-13-11-18(12-14-20)23(30)28-15-5-7-17-6-4-8-19(16-17)24(25,26)27/h2-4,6,8-14,16,29H,15H2,1H3,(H,28,30). The number of halogens is 3. The third-order valence-corrected chi connectivity index (χ3v) is 5.92. The summed E-state index contributed by atoms with van der Waals surface area (Å²) >= 11 is 0. The fourth-order valence-corrected chi connectivity index (χ4v) is 3.93. The van der Waals surface area contributed by atoms with Gasteiger partial charge in [-0.15, -0.1) is 0 Å². The Hall–Kier alpha value is -3.97. The maximum absolute atomic E-state index is 12.7. The maximum atomic E-state index is 12.7. The quantitative estimate of drug-likeness (QED) is 0.507. The molecule has 0 aliphatic heterocycles. The number of nitrogens with one attached hydrogen (secondary N) is 2. The number of benzene rings is 3. The number of amides is 1. The van der Waals surface area contributed by atoms with Crippen LogP contribution in [-0.2, 0) is 16.2 Å². The SMILES string of the molecule is COc1ccccc1NS(=O)(=O)c1ccc(C(=O)NCC#Cc2cccc(C(F)(F)F)c2)cc1. The van der Waals surface area contributed by atoms with Crippen molar-refractivity contribution in [1.82, 2.24) is 5.32 Å². The molecule has 0 bridgehead atoms. The molecule has 0 fully saturated rings. The highest BCUT2D eigenvalue weighted by Crippen LogP contribution is 2.29. The van der Waals surface area contributed by atoms with E-state index >= 15 is 0 Å². The van der Waals surface area contributed by atoms with Gasteiger partial charge in [0, 0.05) is 11.1 Å². The number of methoxy groups -OCH3 is 1. The summed E-state index contributed by atoms with van der Waals surface area (Å²) in [5.41, 5.74) is -0.178. The summed E-state index contributed by atoms with van der Waals surface area (Å²) < 4.78 is 71.0. The molecule has 3 aromatic carbocycles. The molecule has 0 saturated carbocycles. The highest BCUT2D eigenvalue weighted by molar-refractivity contribution is 7.92. The van der Waals surface area contributed by atoms with Crippen molar-refractivity contribution in [2.75, 3.05) is 18.4 Å². The summed E-state index contributed by atoms with van der Waals surface area (Å²) in [7, 11) is -2.50. The van der Waals surface area contributed by atoms with Crippen molar-refractivity contribution >= 4 is 21.6 Å². The lowest BCUT2D eigenvalue weighted by Crippen LogP contribution is -2.23. The molecule has 1 amide bonds. The van der Waals surface area contributed by atoms with Crippen molar-refractivity contribution in [2.24, 2.45) is 0 Å². The molecule has 0 unspecified atom stereocenters. The molecule has 2 N–H and O–H groups in total. The van der Waals surface area contributed by atoms with Crippen molar-refractivity contribution in [3.63, 3.8) is 0 Å². The minimum absolute atomic E-state index is 0.0562. The summed E-state index contributed by atoms with van der Waals surface area (Å²) in [4.78, 5) is 12.2. The molecule has 0 spiro atoms. The number of ether oxygens (including phenoxy) is 1. The van der Waals surface area contributed by atoms with Crippen LogP contribution in [0.3, 0.4) is 0 Å².